The van der Waals surface area contributed by atoms with E-state index in [0.717, 1.165) is 38.5 Å². The minimum Gasteiger partial charge on any atom is -0.434 e. The van der Waals surface area contributed by atoms with Crippen molar-refractivity contribution >= 4 is 18.2 Å². The Morgan fingerprint density at radius 2 is 1.31 bits per heavy atom. The summed E-state index contributed by atoms with van der Waals surface area (Å²) >= 11 is 0. The van der Waals surface area contributed by atoms with Crippen molar-refractivity contribution in [2.24, 2.45) is 0 Å². The van der Waals surface area contributed by atoms with Gasteiger partial charge >= 0.3 is 12.3 Å². The third-order valence-corrected chi connectivity index (χ3v) is 3.44. The molecule has 0 radical (unpaired) electrons. The lowest BCUT2D eigenvalue weighted by Gasteiger charge is -2.16. The van der Waals surface area contributed by atoms with Gasteiger partial charge in [0.15, 0.2) is 6.10 Å². The molecule has 1 N–H and O–H groups in total. The Labute approximate surface area is 155 Å². The van der Waals surface area contributed by atoms with Gasteiger partial charge in [0, 0.05) is 0 Å². The van der Waals surface area contributed by atoms with Crippen molar-refractivity contribution in [2.45, 2.75) is 78.4 Å². The van der Waals surface area contributed by atoms with Crippen LogP contribution in [0.5, 0.6) is 0 Å². The second-order valence-electron chi connectivity index (χ2n) is 6.04. The molecule has 0 unspecified atom stereocenters. The zero-order chi connectivity index (χ0) is 19.8. The van der Waals surface area contributed by atoms with Gasteiger partial charge in [-0.05, 0) is 26.7 Å². The molecule has 8 heteroatoms. The van der Waals surface area contributed by atoms with Crippen LogP contribution in [-0.2, 0) is 23.7 Å². The lowest BCUT2D eigenvalue weighted by Crippen LogP contribution is -2.40. The fourth-order valence-corrected chi connectivity index (χ4v) is 1.88. The van der Waals surface area contributed by atoms with Gasteiger partial charge in [0.1, 0.15) is 6.10 Å². The van der Waals surface area contributed by atoms with Crippen LogP contribution in [0.4, 0.5) is 9.59 Å². The number of carbonyl (C=O) groups is 3. The molecule has 0 aliphatic carbocycles. The minimum absolute atomic E-state index is 0.0855. The number of rotatable bonds is 13. The van der Waals surface area contributed by atoms with E-state index in [2.05, 4.69) is 12.2 Å². The number of amides is 1. The number of nitrogens with one attached hydrogen (secondary N) is 1. The van der Waals surface area contributed by atoms with E-state index in [-0.39, 0.29) is 13.2 Å². The van der Waals surface area contributed by atoms with Crippen molar-refractivity contribution in [3.63, 3.8) is 0 Å². The molecule has 0 saturated heterocycles. The summed E-state index contributed by atoms with van der Waals surface area (Å²) in [6, 6.07) is 0. The Hall–Kier alpha value is -1.99. The van der Waals surface area contributed by atoms with Crippen LogP contribution in [0.25, 0.3) is 0 Å². The van der Waals surface area contributed by atoms with Crippen LogP contribution >= 0.6 is 0 Å². The second kappa shape index (κ2) is 15.3. The Balaban J connectivity index is 3.89. The summed E-state index contributed by atoms with van der Waals surface area (Å²) in [5, 5.41) is 2.54. The van der Waals surface area contributed by atoms with Gasteiger partial charge in [-0.3, -0.25) is 4.79 Å². The standard InChI is InChI=1S/C18H33NO7/c1-5-7-9-11-23-17(21)25-14(3)13-19-16(20)15(4)26-18(22)24-12-10-8-6-2/h14-15H,5-13H2,1-4H3,(H,19,20)/t14-,15-/m0/s1. The maximum Gasteiger partial charge on any atom is 0.509 e. The molecule has 2 atom stereocenters. The number of carbonyl (C=O) groups excluding carboxylic acids is 3. The van der Waals surface area contributed by atoms with Crippen molar-refractivity contribution in [1.29, 1.82) is 0 Å². The fourth-order valence-electron chi connectivity index (χ4n) is 1.88. The van der Waals surface area contributed by atoms with Gasteiger partial charge in [-0.25, -0.2) is 9.59 Å². The average Bonchev–Trinajstić information content (AvgIpc) is 2.60. The summed E-state index contributed by atoms with van der Waals surface area (Å²) < 4.78 is 19.7. The number of unbranched alkanes of at least 4 members (excludes halogenated alkanes) is 4. The molecule has 0 rings (SSSR count). The predicted molar refractivity (Wildman–Crippen MR) is 95.8 cm³/mol. The largest absolute Gasteiger partial charge is 0.509 e. The highest BCUT2D eigenvalue weighted by atomic mass is 16.7. The third-order valence-electron chi connectivity index (χ3n) is 3.44. The van der Waals surface area contributed by atoms with Gasteiger partial charge in [0.05, 0.1) is 19.8 Å². The molecule has 0 bridgehead atoms. The van der Waals surface area contributed by atoms with Crippen molar-refractivity contribution in [3.05, 3.63) is 0 Å². The molecule has 0 aliphatic heterocycles. The molecule has 0 aliphatic rings. The molecule has 0 aromatic rings. The molecular formula is C18H33NO7. The molecule has 0 aromatic carbocycles. The fraction of sp³-hybridized carbons (Fsp3) is 0.833. The van der Waals surface area contributed by atoms with Gasteiger partial charge in [0.2, 0.25) is 0 Å². The normalized spacial score (nSPS) is 12.6. The van der Waals surface area contributed by atoms with E-state index in [0.29, 0.717) is 6.61 Å². The van der Waals surface area contributed by atoms with E-state index in [1.807, 2.05) is 6.92 Å². The summed E-state index contributed by atoms with van der Waals surface area (Å²) in [6.07, 6.45) is 2.35. The SMILES string of the molecule is CCCCCOC(=O)O[C@@H](C)C(=O)NC[C@H](C)OC(=O)OCCCCC. The van der Waals surface area contributed by atoms with Crippen LogP contribution in [0.2, 0.25) is 0 Å². The topological polar surface area (TPSA) is 100 Å². The van der Waals surface area contributed by atoms with Gasteiger partial charge in [-0.2, -0.15) is 0 Å². The van der Waals surface area contributed by atoms with E-state index in [1.54, 1.807) is 6.92 Å². The Morgan fingerprint density at radius 3 is 1.81 bits per heavy atom. The summed E-state index contributed by atoms with van der Waals surface area (Å²) in [5.74, 6) is -0.498. The van der Waals surface area contributed by atoms with Gasteiger partial charge < -0.3 is 24.3 Å². The highest BCUT2D eigenvalue weighted by molar-refractivity contribution is 5.82. The first-order valence-corrected chi connectivity index (χ1v) is 9.35. The number of ether oxygens (including phenoxy) is 4. The lowest BCUT2D eigenvalue weighted by atomic mass is 10.3. The summed E-state index contributed by atoms with van der Waals surface area (Å²) in [7, 11) is 0. The molecule has 0 saturated carbocycles. The molecule has 152 valence electrons. The zero-order valence-electron chi connectivity index (χ0n) is 16.4. The van der Waals surface area contributed by atoms with Crippen LogP contribution in [0, 0.1) is 0 Å². The smallest absolute Gasteiger partial charge is 0.434 e. The van der Waals surface area contributed by atoms with Crippen LogP contribution in [-0.4, -0.2) is 50.2 Å². The van der Waals surface area contributed by atoms with E-state index in [1.165, 1.54) is 6.92 Å². The third kappa shape index (κ3) is 13.3. The van der Waals surface area contributed by atoms with Crippen molar-refractivity contribution in [1.82, 2.24) is 5.32 Å². The summed E-state index contributed by atoms with van der Waals surface area (Å²) in [5.41, 5.74) is 0. The Kier molecular flexibility index (Phi) is 14.1. The van der Waals surface area contributed by atoms with Crippen molar-refractivity contribution < 1.29 is 33.3 Å². The lowest BCUT2D eigenvalue weighted by molar-refractivity contribution is -0.130. The van der Waals surface area contributed by atoms with Gasteiger partial charge in [-0.1, -0.05) is 39.5 Å². The molecule has 0 spiro atoms. The first-order valence-electron chi connectivity index (χ1n) is 9.35. The van der Waals surface area contributed by atoms with E-state index in [9.17, 15) is 14.4 Å². The maximum atomic E-state index is 11.9. The quantitative estimate of drug-likeness (QED) is 0.388. The van der Waals surface area contributed by atoms with Gasteiger partial charge in [0.25, 0.3) is 5.91 Å². The van der Waals surface area contributed by atoms with E-state index >= 15 is 0 Å². The van der Waals surface area contributed by atoms with Crippen LogP contribution < -0.4 is 5.32 Å². The maximum absolute atomic E-state index is 11.9. The molecule has 1 amide bonds. The van der Waals surface area contributed by atoms with Gasteiger partial charge in [-0.15, -0.1) is 0 Å². The molecule has 8 nitrogen and oxygen atoms in total. The molecule has 26 heavy (non-hydrogen) atoms. The van der Waals surface area contributed by atoms with E-state index < -0.39 is 30.4 Å². The van der Waals surface area contributed by atoms with E-state index in [4.69, 9.17) is 18.9 Å². The van der Waals surface area contributed by atoms with Crippen LogP contribution in [0.1, 0.15) is 66.2 Å². The van der Waals surface area contributed by atoms with Crippen LogP contribution in [0.3, 0.4) is 0 Å². The Bertz CT molecular complexity index is 414. The highest BCUT2D eigenvalue weighted by Gasteiger charge is 2.20. The Morgan fingerprint density at radius 1 is 0.808 bits per heavy atom. The van der Waals surface area contributed by atoms with Crippen molar-refractivity contribution in [3.8, 4) is 0 Å². The molecule has 0 fully saturated rings. The summed E-state index contributed by atoms with van der Waals surface area (Å²) in [6.45, 7) is 7.84. The predicted octanol–water partition coefficient (Wildman–Crippen LogP) is 3.57. The summed E-state index contributed by atoms with van der Waals surface area (Å²) in [4.78, 5) is 34.8. The first kappa shape index (κ1) is 24.0. The average molecular weight is 375 g/mol. The minimum atomic E-state index is -0.998. The monoisotopic (exact) mass is 375 g/mol. The van der Waals surface area contributed by atoms with Crippen molar-refractivity contribution in [2.75, 3.05) is 19.8 Å². The molecule has 0 heterocycles. The highest BCUT2D eigenvalue weighted by Crippen LogP contribution is 2.01. The zero-order valence-corrected chi connectivity index (χ0v) is 16.4. The number of hydrogen-bond donors (Lipinski definition) is 1. The first-order chi connectivity index (χ1) is 12.4. The molecule has 0 aromatic heterocycles. The second-order valence-corrected chi connectivity index (χ2v) is 6.04. The number of hydrogen-bond acceptors (Lipinski definition) is 7. The van der Waals surface area contributed by atoms with Crippen LogP contribution in [0.15, 0.2) is 0 Å². The molecular weight excluding hydrogens is 342 g/mol.